The maximum Gasteiger partial charge on any atom is 0.264 e. The van der Waals surface area contributed by atoms with Crippen molar-refractivity contribution in [3.8, 4) is 11.1 Å². The Morgan fingerprint density at radius 3 is 2.38 bits per heavy atom. The lowest BCUT2D eigenvalue weighted by molar-refractivity contribution is -0.131. The van der Waals surface area contributed by atoms with Crippen LogP contribution >= 0.6 is 0 Å². The smallest absolute Gasteiger partial charge is 0.264 e. The number of ether oxygens (including phenoxy) is 1. The summed E-state index contributed by atoms with van der Waals surface area (Å²) in [7, 11) is -3.85. The Hall–Kier alpha value is -3.05. The second-order valence-electron chi connectivity index (χ2n) is 9.71. The third-order valence-corrected chi connectivity index (χ3v) is 9.34. The molecule has 1 saturated heterocycles. The molecule has 0 bridgehead atoms. The minimum atomic E-state index is -3.85. The highest BCUT2D eigenvalue weighted by Gasteiger charge is 2.43. The van der Waals surface area contributed by atoms with Crippen LogP contribution in [0.5, 0.6) is 0 Å². The Morgan fingerprint density at radius 2 is 1.73 bits per heavy atom. The number of pyridine rings is 1. The number of rotatable bonds is 9. The molecular weight excluding hydrogens is 494 g/mol. The number of amides is 1. The summed E-state index contributed by atoms with van der Waals surface area (Å²) in [6.07, 6.45) is 3.35. The van der Waals surface area contributed by atoms with Crippen LogP contribution in [0, 0.1) is 0 Å². The highest BCUT2D eigenvalue weighted by Crippen LogP contribution is 2.25. The van der Waals surface area contributed by atoms with Gasteiger partial charge in [-0.15, -0.1) is 0 Å². The van der Waals surface area contributed by atoms with Gasteiger partial charge in [-0.25, -0.2) is 13.9 Å². The van der Waals surface area contributed by atoms with Crippen LogP contribution in [0.15, 0.2) is 59.5 Å². The number of benzene rings is 2. The number of carbonyl (C=O) groups excluding carboxylic acids is 1. The van der Waals surface area contributed by atoms with E-state index in [4.69, 9.17) is 9.94 Å². The third-order valence-electron chi connectivity index (χ3n) is 7.31. The average molecular weight is 528 g/mol. The molecule has 2 aromatic carbocycles. The molecule has 2 heterocycles. The Bertz CT molecular complexity index is 1430. The van der Waals surface area contributed by atoms with E-state index in [1.165, 1.54) is 22.5 Å². The summed E-state index contributed by atoms with van der Waals surface area (Å²) >= 11 is 0. The zero-order chi connectivity index (χ0) is 26.6. The van der Waals surface area contributed by atoms with Crippen molar-refractivity contribution in [3.63, 3.8) is 0 Å². The number of nitrogens with zero attached hydrogens (tertiary/aromatic N) is 2. The summed E-state index contributed by atoms with van der Waals surface area (Å²) in [6.45, 7) is 5.80. The number of hydroxylamine groups is 1. The first-order valence-corrected chi connectivity index (χ1v) is 14.2. The summed E-state index contributed by atoms with van der Waals surface area (Å²) in [5, 5.41) is 10.3. The van der Waals surface area contributed by atoms with Gasteiger partial charge in [-0.1, -0.05) is 30.3 Å². The number of aromatic nitrogens is 1. The van der Waals surface area contributed by atoms with Gasteiger partial charge >= 0.3 is 0 Å². The van der Waals surface area contributed by atoms with Crippen molar-refractivity contribution in [1.29, 1.82) is 0 Å². The predicted octanol–water partition coefficient (Wildman–Crippen LogP) is 2.24. The Kier molecular flexibility index (Phi) is 8.13. The molecule has 10 heteroatoms. The number of aryl methyl sites for hydroxylation is 1. The van der Waals surface area contributed by atoms with Crippen molar-refractivity contribution in [2.45, 2.75) is 31.1 Å². The number of morpholine rings is 1. The molecule has 1 aromatic heterocycles. The first-order chi connectivity index (χ1) is 17.6. The molecule has 2 N–H and O–H groups in total. The normalized spacial score (nSPS) is 16.4. The van der Waals surface area contributed by atoms with Crippen LogP contribution in [0.1, 0.15) is 18.9 Å². The van der Waals surface area contributed by atoms with Crippen LogP contribution in [-0.2, 0) is 32.3 Å². The van der Waals surface area contributed by atoms with Crippen molar-refractivity contribution >= 4 is 26.5 Å². The molecule has 3 aromatic rings. The summed E-state index contributed by atoms with van der Waals surface area (Å²) in [6, 6.07) is 15.9. The fourth-order valence-corrected chi connectivity index (χ4v) is 5.38. The molecule has 0 aliphatic carbocycles. The number of hydrogen-bond donors (Lipinski definition) is 2. The molecule has 0 unspecified atom stereocenters. The number of sulfone groups is 1. The van der Waals surface area contributed by atoms with Crippen LogP contribution in [0.25, 0.3) is 21.9 Å². The van der Waals surface area contributed by atoms with Crippen molar-refractivity contribution in [3.05, 3.63) is 70.6 Å². The zero-order valence-electron chi connectivity index (χ0n) is 21.1. The zero-order valence-corrected chi connectivity index (χ0v) is 22.0. The van der Waals surface area contributed by atoms with Crippen molar-refractivity contribution in [2.75, 3.05) is 39.1 Å². The summed E-state index contributed by atoms with van der Waals surface area (Å²) < 4.78 is 29.3. The van der Waals surface area contributed by atoms with Gasteiger partial charge in [0, 0.05) is 44.0 Å². The second-order valence-corrected chi connectivity index (χ2v) is 12.2. The van der Waals surface area contributed by atoms with Crippen molar-refractivity contribution < 1.29 is 23.2 Å². The molecule has 0 radical (unpaired) electrons. The molecule has 9 nitrogen and oxygen atoms in total. The van der Waals surface area contributed by atoms with Crippen LogP contribution in [0.2, 0.25) is 0 Å². The van der Waals surface area contributed by atoms with Crippen molar-refractivity contribution in [1.82, 2.24) is 14.9 Å². The molecule has 0 saturated carbocycles. The Morgan fingerprint density at radius 1 is 1.05 bits per heavy atom. The largest absolute Gasteiger partial charge is 0.379 e. The third kappa shape index (κ3) is 5.93. The highest BCUT2D eigenvalue weighted by atomic mass is 32.2. The lowest BCUT2D eigenvalue weighted by Crippen LogP contribution is -2.49. The maximum atomic E-state index is 13.1. The van der Waals surface area contributed by atoms with Gasteiger partial charge in [0.25, 0.3) is 11.5 Å². The maximum absolute atomic E-state index is 13.1. The first-order valence-electron chi connectivity index (χ1n) is 12.3. The van der Waals surface area contributed by atoms with Gasteiger partial charge in [-0.05, 0) is 60.0 Å². The molecule has 1 aliphatic heterocycles. The van der Waals surface area contributed by atoms with Gasteiger partial charge in [0.05, 0.1) is 13.2 Å². The molecule has 37 heavy (non-hydrogen) atoms. The van der Waals surface area contributed by atoms with Crippen molar-refractivity contribution in [2.24, 2.45) is 0 Å². The van der Waals surface area contributed by atoms with E-state index in [0.29, 0.717) is 5.39 Å². The van der Waals surface area contributed by atoms with E-state index < -0.39 is 20.5 Å². The number of carbonyl (C=O) groups is 1. The van der Waals surface area contributed by atoms with Gasteiger partial charge < -0.3 is 9.30 Å². The minimum absolute atomic E-state index is 0.000566. The fraction of sp³-hybridized carbons (Fsp3) is 0.407. The highest BCUT2D eigenvalue weighted by molar-refractivity contribution is 7.92. The minimum Gasteiger partial charge on any atom is -0.379 e. The lowest BCUT2D eigenvalue weighted by Gasteiger charge is -2.26. The van der Waals surface area contributed by atoms with E-state index in [1.54, 1.807) is 18.3 Å². The molecule has 0 spiro atoms. The Balaban J connectivity index is 1.49. The van der Waals surface area contributed by atoms with Gasteiger partial charge in [0.15, 0.2) is 14.6 Å². The van der Waals surface area contributed by atoms with E-state index in [1.807, 2.05) is 12.1 Å². The Labute approximate surface area is 216 Å². The molecule has 4 rings (SSSR count). The lowest BCUT2D eigenvalue weighted by atomic mass is 10.00. The summed E-state index contributed by atoms with van der Waals surface area (Å²) in [5.41, 5.74) is 4.48. The van der Waals surface area contributed by atoms with Gasteiger partial charge in [-0.2, -0.15) is 0 Å². The van der Waals surface area contributed by atoms with E-state index in [9.17, 15) is 18.0 Å². The van der Waals surface area contributed by atoms with Gasteiger partial charge in [-0.3, -0.25) is 19.7 Å². The standard InChI is InChI=1S/C27H33N3O6S/c1-27(26(32)28-33,37(2,34)35)11-14-30-13-10-23-19-22(7-8-24(23)25(30)31)21-5-3-20(4-6-21)9-12-29-15-17-36-18-16-29/h3-8,10,13,19,33H,9,11-12,14-18H2,1-2H3,(H,28,32)/t27-/m1/s1. The summed E-state index contributed by atoms with van der Waals surface area (Å²) in [5.74, 6) is -1.03. The van der Waals surface area contributed by atoms with E-state index in [2.05, 4.69) is 29.2 Å². The molecule has 1 fully saturated rings. The predicted molar refractivity (Wildman–Crippen MR) is 142 cm³/mol. The van der Waals surface area contributed by atoms with Gasteiger partial charge in [0.2, 0.25) is 0 Å². The van der Waals surface area contributed by atoms with E-state index >= 15 is 0 Å². The quantitative estimate of drug-likeness (QED) is 0.324. The van der Waals surface area contributed by atoms with Gasteiger partial charge in [0.1, 0.15) is 0 Å². The van der Waals surface area contributed by atoms with Crippen LogP contribution in [0.3, 0.4) is 0 Å². The monoisotopic (exact) mass is 527 g/mol. The fourth-order valence-electron chi connectivity index (χ4n) is 4.54. The van der Waals surface area contributed by atoms with Crippen LogP contribution in [-0.4, -0.2) is 72.9 Å². The van der Waals surface area contributed by atoms with E-state index in [-0.39, 0.29) is 18.5 Å². The van der Waals surface area contributed by atoms with E-state index in [0.717, 1.165) is 62.0 Å². The average Bonchev–Trinajstić information content (AvgIpc) is 2.91. The van der Waals surface area contributed by atoms with Crippen LogP contribution < -0.4 is 11.0 Å². The number of fused-ring (bicyclic) bond motifs is 1. The number of nitrogens with one attached hydrogen (secondary N) is 1. The van der Waals surface area contributed by atoms with Crippen LogP contribution in [0.4, 0.5) is 0 Å². The first kappa shape index (κ1) is 27.0. The molecule has 1 atom stereocenters. The molecule has 198 valence electrons. The molecular formula is C27H33N3O6S. The molecule has 1 amide bonds. The summed E-state index contributed by atoms with van der Waals surface area (Å²) in [4.78, 5) is 27.6. The molecule has 1 aliphatic rings. The topological polar surface area (TPSA) is 118 Å². The SMILES string of the molecule is C[C@@](CCn1ccc2cc(-c3ccc(CCN4CCOCC4)cc3)ccc2c1=O)(C(=O)NO)S(C)(=O)=O. The number of hydrogen-bond acceptors (Lipinski definition) is 7. The second kappa shape index (κ2) is 11.1.